The number of hydrogen-bond donors (Lipinski definition) is 2. The van der Waals surface area contributed by atoms with Crippen LogP contribution in [0.15, 0.2) is 23.1 Å². The van der Waals surface area contributed by atoms with E-state index in [-0.39, 0.29) is 11.4 Å². The Balaban J connectivity index is 2.23. The Bertz CT molecular complexity index is 544. The second kappa shape index (κ2) is 5.93. The van der Waals surface area contributed by atoms with Crippen LogP contribution in [-0.2, 0) is 21.3 Å². The summed E-state index contributed by atoms with van der Waals surface area (Å²) in [6.07, 6.45) is 0. The van der Waals surface area contributed by atoms with Crippen LogP contribution in [0.2, 0.25) is 0 Å². The standard InChI is InChI=1S/C11H16FN3O3S/c12-10-2-1-9(8-13)7-11(10)19(16,17)14-15-3-5-18-6-4-15/h1-2,7,14H,3-6,8,13H2. The Labute approximate surface area is 111 Å². The molecule has 19 heavy (non-hydrogen) atoms. The Morgan fingerprint density at radius 1 is 1.37 bits per heavy atom. The molecule has 2 rings (SSSR count). The Morgan fingerprint density at radius 2 is 2.05 bits per heavy atom. The molecule has 1 aromatic rings. The first-order valence-corrected chi connectivity index (χ1v) is 7.35. The maximum Gasteiger partial charge on any atom is 0.256 e. The highest BCUT2D eigenvalue weighted by Gasteiger charge is 2.23. The number of rotatable bonds is 4. The van der Waals surface area contributed by atoms with Gasteiger partial charge in [-0.2, -0.15) is 0 Å². The molecule has 1 aliphatic rings. The molecule has 0 saturated carbocycles. The van der Waals surface area contributed by atoms with Crippen molar-refractivity contribution in [3.8, 4) is 0 Å². The lowest BCUT2D eigenvalue weighted by Gasteiger charge is -2.26. The van der Waals surface area contributed by atoms with E-state index in [1.807, 2.05) is 0 Å². The van der Waals surface area contributed by atoms with Crippen molar-refractivity contribution in [2.75, 3.05) is 26.3 Å². The van der Waals surface area contributed by atoms with Gasteiger partial charge >= 0.3 is 0 Å². The summed E-state index contributed by atoms with van der Waals surface area (Å²) >= 11 is 0. The third-order valence-corrected chi connectivity index (χ3v) is 4.17. The van der Waals surface area contributed by atoms with Gasteiger partial charge in [0.2, 0.25) is 0 Å². The van der Waals surface area contributed by atoms with Gasteiger partial charge in [-0.3, -0.25) is 0 Å². The maximum absolute atomic E-state index is 13.7. The van der Waals surface area contributed by atoms with Crippen molar-refractivity contribution < 1.29 is 17.5 Å². The highest BCUT2D eigenvalue weighted by molar-refractivity contribution is 7.89. The number of hydrogen-bond acceptors (Lipinski definition) is 5. The molecule has 1 saturated heterocycles. The smallest absolute Gasteiger partial charge is 0.256 e. The third-order valence-electron chi connectivity index (χ3n) is 2.78. The van der Waals surface area contributed by atoms with Gasteiger partial charge < -0.3 is 10.5 Å². The molecule has 8 heteroatoms. The van der Waals surface area contributed by atoms with Crippen LogP contribution in [0, 0.1) is 5.82 Å². The second-order valence-electron chi connectivity index (χ2n) is 4.16. The van der Waals surface area contributed by atoms with Gasteiger partial charge in [0.1, 0.15) is 10.7 Å². The highest BCUT2D eigenvalue weighted by Crippen LogP contribution is 2.16. The van der Waals surface area contributed by atoms with Crippen molar-refractivity contribution in [2.24, 2.45) is 5.73 Å². The number of halogens is 1. The van der Waals surface area contributed by atoms with Crippen molar-refractivity contribution in [1.82, 2.24) is 9.84 Å². The number of nitrogens with two attached hydrogens (primary N) is 1. The van der Waals surface area contributed by atoms with E-state index in [4.69, 9.17) is 10.5 Å². The largest absolute Gasteiger partial charge is 0.379 e. The fourth-order valence-corrected chi connectivity index (χ4v) is 3.01. The van der Waals surface area contributed by atoms with E-state index in [9.17, 15) is 12.8 Å². The van der Waals surface area contributed by atoms with Crippen LogP contribution >= 0.6 is 0 Å². The molecule has 1 aliphatic heterocycles. The highest BCUT2D eigenvalue weighted by atomic mass is 32.2. The molecule has 1 aromatic carbocycles. The summed E-state index contributed by atoms with van der Waals surface area (Å²) in [6, 6.07) is 3.82. The zero-order valence-corrected chi connectivity index (χ0v) is 11.1. The van der Waals surface area contributed by atoms with Crippen molar-refractivity contribution in [1.29, 1.82) is 0 Å². The molecule has 0 amide bonds. The van der Waals surface area contributed by atoms with Crippen molar-refractivity contribution in [3.05, 3.63) is 29.6 Å². The predicted molar refractivity (Wildman–Crippen MR) is 67.0 cm³/mol. The monoisotopic (exact) mass is 289 g/mol. The van der Waals surface area contributed by atoms with Gasteiger partial charge in [0, 0.05) is 19.6 Å². The summed E-state index contributed by atoms with van der Waals surface area (Å²) in [4.78, 5) is 1.96. The molecule has 0 radical (unpaired) electrons. The first kappa shape index (κ1) is 14.4. The van der Waals surface area contributed by atoms with Crippen LogP contribution in [0.25, 0.3) is 0 Å². The van der Waals surface area contributed by atoms with Crippen LogP contribution < -0.4 is 10.6 Å². The molecule has 0 bridgehead atoms. The average molecular weight is 289 g/mol. The van der Waals surface area contributed by atoms with Gasteiger partial charge in [-0.25, -0.2) is 17.8 Å². The van der Waals surface area contributed by atoms with Crippen LogP contribution in [0.1, 0.15) is 5.56 Å². The fourth-order valence-electron chi connectivity index (χ4n) is 1.75. The molecule has 3 N–H and O–H groups in total. The van der Waals surface area contributed by atoms with Crippen LogP contribution in [0.5, 0.6) is 0 Å². The lowest BCUT2D eigenvalue weighted by atomic mass is 10.2. The first-order valence-electron chi connectivity index (χ1n) is 5.86. The SMILES string of the molecule is NCc1ccc(F)c(S(=O)(=O)NN2CCOCC2)c1. The minimum absolute atomic E-state index is 0.153. The third kappa shape index (κ3) is 3.48. The van der Waals surface area contributed by atoms with E-state index in [1.54, 1.807) is 0 Å². The van der Waals surface area contributed by atoms with E-state index in [0.29, 0.717) is 31.9 Å². The normalized spacial score (nSPS) is 17.6. The molecule has 0 atom stereocenters. The van der Waals surface area contributed by atoms with E-state index >= 15 is 0 Å². The number of hydrazine groups is 1. The quantitative estimate of drug-likeness (QED) is 0.802. The zero-order valence-electron chi connectivity index (χ0n) is 10.3. The molecule has 6 nitrogen and oxygen atoms in total. The summed E-state index contributed by atoms with van der Waals surface area (Å²) in [6.45, 7) is 1.89. The number of morpholine rings is 1. The minimum Gasteiger partial charge on any atom is -0.379 e. The van der Waals surface area contributed by atoms with Gasteiger partial charge in [0.05, 0.1) is 13.2 Å². The minimum atomic E-state index is -3.93. The van der Waals surface area contributed by atoms with Gasteiger partial charge in [0.15, 0.2) is 0 Å². The molecule has 0 aromatic heterocycles. The van der Waals surface area contributed by atoms with E-state index in [1.165, 1.54) is 17.1 Å². The number of nitrogens with one attached hydrogen (secondary N) is 1. The molecule has 0 unspecified atom stereocenters. The molecular formula is C11H16FN3O3S. The van der Waals surface area contributed by atoms with Gasteiger partial charge in [-0.15, -0.1) is 4.83 Å². The fraction of sp³-hybridized carbons (Fsp3) is 0.455. The van der Waals surface area contributed by atoms with E-state index in [0.717, 1.165) is 6.07 Å². The zero-order chi connectivity index (χ0) is 13.9. The van der Waals surface area contributed by atoms with Crippen molar-refractivity contribution in [2.45, 2.75) is 11.4 Å². The van der Waals surface area contributed by atoms with Gasteiger partial charge in [-0.1, -0.05) is 6.07 Å². The van der Waals surface area contributed by atoms with Crippen LogP contribution in [-0.4, -0.2) is 39.7 Å². The predicted octanol–water partition coefficient (Wildman–Crippen LogP) is -0.190. The van der Waals surface area contributed by atoms with Gasteiger partial charge in [0.25, 0.3) is 10.0 Å². The Kier molecular flexibility index (Phi) is 4.48. The summed E-state index contributed by atoms with van der Waals surface area (Å²) in [5.74, 6) is -0.794. The van der Waals surface area contributed by atoms with Crippen LogP contribution in [0.3, 0.4) is 0 Å². The Morgan fingerprint density at radius 3 is 2.68 bits per heavy atom. The summed E-state index contributed by atoms with van der Waals surface area (Å²) in [5.41, 5.74) is 5.99. The first-order chi connectivity index (χ1) is 9.03. The maximum atomic E-state index is 13.7. The number of benzene rings is 1. The Hall–Kier alpha value is -1.06. The molecule has 0 aliphatic carbocycles. The molecule has 1 fully saturated rings. The number of nitrogens with zero attached hydrogens (tertiary/aromatic N) is 1. The van der Waals surface area contributed by atoms with E-state index in [2.05, 4.69) is 4.83 Å². The second-order valence-corrected chi connectivity index (χ2v) is 5.79. The van der Waals surface area contributed by atoms with Crippen molar-refractivity contribution in [3.63, 3.8) is 0 Å². The van der Waals surface area contributed by atoms with Crippen molar-refractivity contribution >= 4 is 10.0 Å². The van der Waals surface area contributed by atoms with E-state index < -0.39 is 15.8 Å². The lowest BCUT2D eigenvalue weighted by Crippen LogP contribution is -2.48. The molecular weight excluding hydrogens is 273 g/mol. The van der Waals surface area contributed by atoms with Crippen LogP contribution in [0.4, 0.5) is 4.39 Å². The topological polar surface area (TPSA) is 84.7 Å². The summed E-state index contributed by atoms with van der Waals surface area (Å²) < 4.78 is 43.0. The van der Waals surface area contributed by atoms with Gasteiger partial charge in [-0.05, 0) is 17.7 Å². The number of sulfonamides is 1. The summed E-state index contributed by atoms with van der Waals surface area (Å²) in [7, 11) is -3.93. The molecule has 106 valence electrons. The molecule has 0 spiro atoms. The summed E-state index contributed by atoms with van der Waals surface area (Å²) in [5, 5.41) is 1.49. The molecule has 1 heterocycles. The lowest BCUT2D eigenvalue weighted by molar-refractivity contribution is 0.0272. The average Bonchev–Trinajstić information content (AvgIpc) is 2.39. The number of ether oxygens (including phenoxy) is 1.